The number of aromatic nitrogens is 1. The van der Waals surface area contributed by atoms with Crippen molar-refractivity contribution in [2.45, 2.75) is 26.4 Å². The first kappa shape index (κ1) is 19.7. The molecule has 0 unspecified atom stereocenters. The zero-order valence-electron chi connectivity index (χ0n) is 15.3. The molecule has 8 heteroatoms. The van der Waals surface area contributed by atoms with Crippen LogP contribution in [0.5, 0.6) is 5.75 Å². The first-order valence-electron chi connectivity index (χ1n) is 8.13. The van der Waals surface area contributed by atoms with Crippen molar-refractivity contribution in [3.05, 3.63) is 35.5 Å². The van der Waals surface area contributed by atoms with Crippen molar-refractivity contribution in [3.63, 3.8) is 0 Å². The zero-order valence-corrected chi connectivity index (χ0v) is 16.1. The molecule has 140 valence electrons. The number of amides is 2. The van der Waals surface area contributed by atoms with E-state index in [-0.39, 0.29) is 19.0 Å². The third-order valence-corrected chi connectivity index (χ3v) is 4.07. The van der Waals surface area contributed by atoms with Crippen LogP contribution in [0.15, 0.2) is 29.8 Å². The minimum atomic E-state index is -0.556. The van der Waals surface area contributed by atoms with Crippen LogP contribution in [0.3, 0.4) is 0 Å². The van der Waals surface area contributed by atoms with E-state index in [4.69, 9.17) is 9.47 Å². The van der Waals surface area contributed by atoms with E-state index in [9.17, 15) is 9.59 Å². The highest BCUT2D eigenvalue weighted by atomic mass is 32.1. The highest BCUT2D eigenvalue weighted by Crippen LogP contribution is 2.30. The zero-order chi connectivity index (χ0) is 19.2. The van der Waals surface area contributed by atoms with E-state index in [1.165, 1.54) is 11.3 Å². The largest absolute Gasteiger partial charge is 0.497 e. The number of nitrogens with zero attached hydrogens (tertiary/aromatic N) is 1. The standard InChI is InChI=1S/C18H23N3O4S/c1-18(2,3)25-17(23)20-9-8-19-16(22)14-15(26-11-21-14)12-6-5-7-13(10-12)24-4/h5-7,10-11H,8-9H2,1-4H3,(H,19,22)(H,20,23). The number of ether oxygens (including phenoxy) is 2. The molecule has 0 atom stereocenters. The van der Waals surface area contributed by atoms with Gasteiger partial charge in [-0.05, 0) is 38.5 Å². The minimum absolute atomic E-state index is 0.263. The third-order valence-electron chi connectivity index (χ3n) is 3.19. The van der Waals surface area contributed by atoms with Crippen LogP contribution in [0.25, 0.3) is 10.4 Å². The maximum Gasteiger partial charge on any atom is 0.407 e. The van der Waals surface area contributed by atoms with Gasteiger partial charge in [0.1, 0.15) is 17.0 Å². The van der Waals surface area contributed by atoms with Gasteiger partial charge in [0.15, 0.2) is 0 Å². The molecule has 2 rings (SSSR count). The molecule has 0 fully saturated rings. The number of carbonyl (C=O) groups is 2. The van der Waals surface area contributed by atoms with Gasteiger partial charge in [-0.2, -0.15) is 0 Å². The van der Waals surface area contributed by atoms with Crippen LogP contribution in [-0.4, -0.2) is 42.8 Å². The summed E-state index contributed by atoms with van der Waals surface area (Å²) in [7, 11) is 1.59. The highest BCUT2D eigenvalue weighted by Gasteiger charge is 2.18. The molecule has 1 aromatic heterocycles. The summed E-state index contributed by atoms with van der Waals surface area (Å²) in [4.78, 5) is 28.9. The molecule has 0 bridgehead atoms. The smallest absolute Gasteiger partial charge is 0.407 e. The van der Waals surface area contributed by atoms with Crippen LogP contribution in [-0.2, 0) is 4.74 Å². The molecule has 0 aliphatic heterocycles. The van der Waals surface area contributed by atoms with E-state index in [0.29, 0.717) is 11.4 Å². The Morgan fingerprint density at radius 3 is 2.62 bits per heavy atom. The summed E-state index contributed by atoms with van der Waals surface area (Å²) in [5, 5.41) is 5.34. The molecule has 2 aromatic rings. The summed E-state index contributed by atoms with van der Waals surface area (Å²) in [5.74, 6) is 0.416. The molecule has 0 saturated carbocycles. The normalized spacial score (nSPS) is 10.9. The monoisotopic (exact) mass is 377 g/mol. The number of thiazole rings is 1. The molecule has 26 heavy (non-hydrogen) atoms. The number of hydrogen-bond acceptors (Lipinski definition) is 6. The fraction of sp³-hybridized carbons (Fsp3) is 0.389. The van der Waals surface area contributed by atoms with Gasteiger partial charge >= 0.3 is 6.09 Å². The Hall–Kier alpha value is -2.61. The Morgan fingerprint density at radius 2 is 1.92 bits per heavy atom. The van der Waals surface area contributed by atoms with Crippen molar-refractivity contribution in [2.75, 3.05) is 20.2 Å². The lowest BCUT2D eigenvalue weighted by Gasteiger charge is -2.19. The highest BCUT2D eigenvalue weighted by molar-refractivity contribution is 7.13. The second-order valence-electron chi connectivity index (χ2n) is 6.45. The number of nitrogens with one attached hydrogen (secondary N) is 2. The number of hydrogen-bond donors (Lipinski definition) is 2. The number of alkyl carbamates (subject to hydrolysis) is 1. The SMILES string of the molecule is COc1cccc(-c2scnc2C(=O)NCCNC(=O)OC(C)(C)C)c1. The molecule has 1 aromatic carbocycles. The van der Waals surface area contributed by atoms with Gasteiger partial charge in [0.25, 0.3) is 5.91 Å². The molecule has 7 nitrogen and oxygen atoms in total. The summed E-state index contributed by atoms with van der Waals surface area (Å²) >= 11 is 1.38. The topological polar surface area (TPSA) is 89.5 Å². The number of benzene rings is 1. The predicted octanol–water partition coefficient (Wildman–Crippen LogP) is 3.07. The Labute approximate surface area is 156 Å². The second kappa shape index (κ2) is 8.66. The number of methoxy groups -OCH3 is 1. The van der Waals surface area contributed by atoms with E-state index in [0.717, 1.165) is 10.4 Å². The van der Waals surface area contributed by atoms with Gasteiger partial charge in [-0.1, -0.05) is 12.1 Å². The molecule has 0 spiro atoms. The van der Waals surface area contributed by atoms with Crippen molar-refractivity contribution in [3.8, 4) is 16.2 Å². The molecule has 1 heterocycles. The number of carbonyl (C=O) groups excluding carboxylic acids is 2. The first-order chi connectivity index (χ1) is 12.3. The van der Waals surface area contributed by atoms with Crippen LogP contribution in [0, 0.1) is 0 Å². The van der Waals surface area contributed by atoms with E-state index in [1.807, 2.05) is 24.3 Å². The van der Waals surface area contributed by atoms with E-state index in [2.05, 4.69) is 15.6 Å². The third kappa shape index (κ3) is 5.73. The summed E-state index contributed by atoms with van der Waals surface area (Å²) in [6.07, 6.45) is -0.516. The molecular weight excluding hydrogens is 354 g/mol. The lowest BCUT2D eigenvalue weighted by molar-refractivity contribution is 0.0526. The fourth-order valence-electron chi connectivity index (χ4n) is 2.12. The van der Waals surface area contributed by atoms with Crippen LogP contribution in [0.4, 0.5) is 4.79 Å². The summed E-state index contributed by atoms with van der Waals surface area (Å²) in [6.45, 7) is 5.90. The molecule has 0 radical (unpaired) electrons. The van der Waals surface area contributed by atoms with Gasteiger partial charge in [-0.15, -0.1) is 11.3 Å². The average Bonchev–Trinajstić information content (AvgIpc) is 3.07. The Balaban J connectivity index is 1.91. The van der Waals surface area contributed by atoms with Crippen LogP contribution in [0.1, 0.15) is 31.3 Å². The molecule has 2 N–H and O–H groups in total. The van der Waals surface area contributed by atoms with Gasteiger partial charge in [0.2, 0.25) is 0 Å². The summed E-state index contributed by atoms with van der Waals surface area (Å²) < 4.78 is 10.4. The lowest BCUT2D eigenvalue weighted by Crippen LogP contribution is -2.38. The van der Waals surface area contributed by atoms with Gasteiger partial charge in [0.05, 0.1) is 17.5 Å². The molecule has 0 aliphatic rings. The minimum Gasteiger partial charge on any atom is -0.497 e. The maximum absolute atomic E-state index is 12.4. The first-order valence-corrected chi connectivity index (χ1v) is 9.01. The Kier molecular flexibility index (Phi) is 6.57. The van der Waals surface area contributed by atoms with E-state index in [1.54, 1.807) is 33.4 Å². The quantitative estimate of drug-likeness (QED) is 0.755. The number of rotatable bonds is 6. The Bertz CT molecular complexity index is 768. The predicted molar refractivity (Wildman–Crippen MR) is 101 cm³/mol. The van der Waals surface area contributed by atoms with Crippen LogP contribution in [0.2, 0.25) is 0 Å². The van der Waals surface area contributed by atoms with Crippen LogP contribution < -0.4 is 15.4 Å². The van der Waals surface area contributed by atoms with Crippen molar-refractivity contribution >= 4 is 23.3 Å². The molecular formula is C18H23N3O4S. The van der Waals surface area contributed by atoms with Gasteiger partial charge in [-0.25, -0.2) is 9.78 Å². The average molecular weight is 377 g/mol. The van der Waals surface area contributed by atoms with Crippen molar-refractivity contribution in [1.82, 2.24) is 15.6 Å². The summed E-state index contributed by atoms with van der Waals surface area (Å²) in [6, 6.07) is 7.46. The maximum atomic E-state index is 12.4. The van der Waals surface area contributed by atoms with Crippen molar-refractivity contribution in [2.24, 2.45) is 0 Å². The lowest BCUT2D eigenvalue weighted by atomic mass is 10.1. The molecule has 0 aliphatic carbocycles. The second-order valence-corrected chi connectivity index (χ2v) is 7.30. The molecule has 2 amide bonds. The van der Waals surface area contributed by atoms with Gasteiger partial charge in [0, 0.05) is 13.1 Å². The fourth-order valence-corrected chi connectivity index (χ4v) is 2.90. The van der Waals surface area contributed by atoms with Gasteiger partial charge in [-0.3, -0.25) is 4.79 Å². The Morgan fingerprint density at radius 1 is 1.19 bits per heavy atom. The van der Waals surface area contributed by atoms with E-state index < -0.39 is 11.7 Å². The molecule has 0 saturated heterocycles. The van der Waals surface area contributed by atoms with Crippen LogP contribution >= 0.6 is 11.3 Å². The summed E-state index contributed by atoms with van der Waals surface area (Å²) in [5.41, 5.74) is 2.28. The van der Waals surface area contributed by atoms with Crippen molar-refractivity contribution in [1.29, 1.82) is 0 Å². The van der Waals surface area contributed by atoms with Gasteiger partial charge < -0.3 is 20.1 Å². The van der Waals surface area contributed by atoms with Crippen molar-refractivity contribution < 1.29 is 19.1 Å². The van der Waals surface area contributed by atoms with E-state index >= 15 is 0 Å².